The van der Waals surface area contributed by atoms with Gasteiger partial charge in [0.25, 0.3) is 0 Å². The average molecular weight is 364 g/mol. The molecule has 1 aromatic heterocycles. The molecule has 7 heteroatoms. The van der Waals surface area contributed by atoms with E-state index >= 15 is 0 Å². The summed E-state index contributed by atoms with van der Waals surface area (Å²) < 4.78 is 33.6. The number of ether oxygens (including phenoxy) is 1. The van der Waals surface area contributed by atoms with Gasteiger partial charge in [-0.2, -0.15) is 11.3 Å². The van der Waals surface area contributed by atoms with Crippen molar-refractivity contribution in [2.24, 2.45) is 0 Å². The maximum atomic E-state index is 12.7. The zero-order valence-electron chi connectivity index (χ0n) is 13.3. The lowest BCUT2D eigenvalue weighted by Gasteiger charge is -2.38. The van der Waals surface area contributed by atoms with E-state index in [0.29, 0.717) is 18.0 Å². The number of rotatable bonds is 6. The Bertz CT molecular complexity index is 814. The molecular formula is C17H20N2O3S2. The standard InChI is InChI=1S/C17H20N2O3S2/c20-24(21,15-2-3-17-13(10-15)4-8-22-17)18-11-16(19-6-1-7-19)14-5-9-23-12-14/h2-3,5,9-10,12,16,18H,1,4,6-8,11H2/t16-/m0/s1. The van der Waals surface area contributed by atoms with Crippen LogP contribution in [0.5, 0.6) is 5.75 Å². The molecule has 0 saturated carbocycles. The lowest BCUT2D eigenvalue weighted by molar-refractivity contribution is 0.120. The number of hydrogen-bond donors (Lipinski definition) is 1. The highest BCUT2D eigenvalue weighted by Crippen LogP contribution is 2.29. The van der Waals surface area contributed by atoms with Crippen LogP contribution in [0, 0.1) is 0 Å². The minimum absolute atomic E-state index is 0.109. The van der Waals surface area contributed by atoms with Gasteiger partial charge in [-0.25, -0.2) is 13.1 Å². The lowest BCUT2D eigenvalue weighted by atomic mass is 10.1. The number of thiophene rings is 1. The van der Waals surface area contributed by atoms with Crippen LogP contribution in [-0.4, -0.2) is 39.6 Å². The van der Waals surface area contributed by atoms with Gasteiger partial charge in [0.05, 0.1) is 11.5 Å². The molecule has 2 aliphatic rings. The molecule has 2 aromatic rings. The van der Waals surface area contributed by atoms with Crippen molar-refractivity contribution in [1.29, 1.82) is 0 Å². The van der Waals surface area contributed by atoms with E-state index in [4.69, 9.17) is 4.74 Å². The van der Waals surface area contributed by atoms with Crippen molar-refractivity contribution in [1.82, 2.24) is 9.62 Å². The molecule has 2 aliphatic heterocycles. The van der Waals surface area contributed by atoms with Gasteiger partial charge in [-0.05, 0) is 52.6 Å². The van der Waals surface area contributed by atoms with E-state index in [1.807, 2.05) is 5.38 Å². The largest absolute Gasteiger partial charge is 0.493 e. The second-order valence-corrected chi connectivity index (χ2v) is 8.73. The molecule has 4 rings (SSSR count). The van der Waals surface area contributed by atoms with Crippen molar-refractivity contribution in [3.8, 4) is 5.75 Å². The first-order chi connectivity index (χ1) is 11.6. The molecule has 1 aromatic carbocycles. The van der Waals surface area contributed by atoms with Gasteiger partial charge in [-0.3, -0.25) is 4.90 Å². The smallest absolute Gasteiger partial charge is 0.240 e. The number of fused-ring (bicyclic) bond motifs is 1. The predicted molar refractivity (Wildman–Crippen MR) is 94.1 cm³/mol. The zero-order chi connectivity index (χ0) is 16.6. The minimum Gasteiger partial charge on any atom is -0.493 e. The van der Waals surface area contributed by atoms with Crippen LogP contribution in [0.3, 0.4) is 0 Å². The monoisotopic (exact) mass is 364 g/mol. The fourth-order valence-corrected chi connectivity index (χ4v) is 4.97. The second-order valence-electron chi connectivity index (χ2n) is 6.18. The first kappa shape index (κ1) is 16.1. The summed E-state index contributed by atoms with van der Waals surface area (Å²) >= 11 is 1.65. The van der Waals surface area contributed by atoms with Crippen LogP contribution in [0.15, 0.2) is 39.9 Å². The molecule has 0 unspecified atom stereocenters. The number of nitrogens with one attached hydrogen (secondary N) is 1. The Labute approximate surface area is 146 Å². The molecule has 1 saturated heterocycles. The van der Waals surface area contributed by atoms with Crippen molar-refractivity contribution in [3.05, 3.63) is 46.2 Å². The quantitative estimate of drug-likeness (QED) is 0.855. The Morgan fingerprint density at radius 3 is 2.88 bits per heavy atom. The topological polar surface area (TPSA) is 58.6 Å². The Kier molecular flexibility index (Phi) is 4.34. The van der Waals surface area contributed by atoms with Crippen LogP contribution < -0.4 is 9.46 Å². The molecule has 0 spiro atoms. The van der Waals surface area contributed by atoms with Crippen LogP contribution in [0.2, 0.25) is 0 Å². The SMILES string of the molecule is O=S(=O)(NC[C@@H](c1ccsc1)N1CCC1)c1ccc2c(c1)CCO2. The Hall–Kier alpha value is -1.41. The highest BCUT2D eigenvalue weighted by atomic mass is 32.2. The van der Waals surface area contributed by atoms with Gasteiger partial charge >= 0.3 is 0 Å². The molecule has 1 atom stereocenters. The molecule has 0 amide bonds. The summed E-state index contributed by atoms with van der Waals surface area (Å²) in [7, 11) is -3.51. The van der Waals surface area contributed by atoms with E-state index in [1.54, 1.807) is 29.5 Å². The van der Waals surface area contributed by atoms with Gasteiger partial charge in [0.15, 0.2) is 0 Å². The van der Waals surface area contributed by atoms with Crippen molar-refractivity contribution >= 4 is 21.4 Å². The van der Waals surface area contributed by atoms with Crippen molar-refractivity contribution in [3.63, 3.8) is 0 Å². The molecule has 0 radical (unpaired) electrons. The molecule has 24 heavy (non-hydrogen) atoms. The highest BCUT2D eigenvalue weighted by Gasteiger charge is 2.28. The van der Waals surface area contributed by atoms with Crippen LogP contribution in [0.25, 0.3) is 0 Å². The van der Waals surface area contributed by atoms with Crippen LogP contribution in [-0.2, 0) is 16.4 Å². The van der Waals surface area contributed by atoms with E-state index < -0.39 is 10.0 Å². The molecule has 0 bridgehead atoms. The van der Waals surface area contributed by atoms with Crippen LogP contribution in [0.4, 0.5) is 0 Å². The number of sulfonamides is 1. The van der Waals surface area contributed by atoms with E-state index in [0.717, 1.165) is 30.8 Å². The zero-order valence-corrected chi connectivity index (χ0v) is 14.9. The summed E-state index contributed by atoms with van der Waals surface area (Å²) in [6, 6.07) is 7.29. The lowest BCUT2D eigenvalue weighted by Crippen LogP contribution is -2.44. The highest BCUT2D eigenvalue weighted by molar-refractivity contribution is 7.89. The molecule has 0 aliphatic carbocycles. The van der Waals surface area contributed by atoms with Crippen molar-refractivity contribution in [2.75, 3.05) is 26.2 Å². The van der Waals surface area contributed by atoms with Crippen LogP contribution >= 0.6 is 11.3 Å². The number of hydrogen-bond acceptors (Lipinski definition) is 5. The third-order valence-corrected chi connectivity index (χ3v) is 6.82. The average Bonchev–Trinajstić information content (AvgIpc) is 3.19. The summed E-state index contributed by atoms with van der Waals surface area (Å²) in [6.07, 6.45) is 1.95. The van der Waals surface area contributed by atoms with Gasteiger partial charge in [0.1, 0.15) is 5.75 Å². The van der Waals surface area contributed by atoms with E-state index in [2.05, 4.69) is 21.1 Å². The van der Waals surface area contributed by atoms with Gasteiger partial charge in [-0.15, -0.1) is 0 Å². The summed E-state index contributed by atoms with van der Waals surface area (Å²) in [5, 5.41) is 4.14. The fourth-order valence-electron chi connectivity index (χ4n) is 3.18. The number of nitrogens with zero attached hydrogens (tertiary/aromatic N) is 1. The predicted octanol–water partition coefficient (Wildman–Crippen LogP) is 2.41. The summed E-state index contributed by atoms with van der Waals surface area (Å²) in [6.45, 7) is 3.07. The minimum atomic E-state index is -3.51. The first-order valence-corrected chi connectivity index (χ1v) is 10.6. The van der Waals surface area contributed by atoms with E-state index in [-0.39, 0.29) is 6.04 Å². The molecule has 5 nitrogen and oxygen atoms in total. The van der Waals surface area contributed by atoms with Crippen molar-refractivity contribution in [2.45, 2.75) is 23.8 Å². The van der Waals surface area contributed by atoms with Gasteiger partial charge in [-0.1, -0.05) is 0 Å². The third-order valence-electron chi connectivity index (χ3n) is 4.70. The Morgan fingerprint density at radius 2 is 2.17 bits per heavy atom. The first-order valence-electron chi connectivity index (χ1n) is 8.15. The normalized spacial score (nSPS) is 18.7. The van der Waals surface area contributed by atoms with E-state index in [1.165, 1.54) is 12.0 Å². The Morgan fingerprint density at radius 1 is 1.29 bits per heavy atom. The second kappa shape index (κ2) is 6.48. The fraction of sp³-hybridized carbons (Fsp3) is 0.412. The third kappa shape index (κ3) is 3.09. The van der Waals surface area contributed by atoms with Gasteiger partial charge in [0.2, 0.25) is 10.0 Å². The molecule has 1 N–H and O–H groups in total. The molecule has 1 fully saturated rings. The maximum Gasteiger partial charge on any atom is 0.240 e. The maximum absolute atomic E-state index is 12.7. The summed E-state index contributed by atoms with van der Waals surface area (Å²) in [5.41, 5.74) is 2.15. The molecule has 128 valence electrons. The number of benzene rings is 1. The molecular weight excluding hydrogens is 344 g/mol. The van der Waals surface area contributed by atoms with Crippen LogP contribution in [0.1, 0.15) is 23.6 Å². The van der Waals surface area contributed by atoms with E-state index in [9.17, 15) is 8.42 Å². The van der Waals surface area contributed by atoms with Crippen molar-refractivity contribution < 1.29 is 13.2 Å². The molecule has 3 heterocycles. The van der Waals surface area contributed by atoms with Gasteiger partial charge < -0.3 is 4.74 Å². The number of likely N-dealkylation sites (tertiary alicyclic amines) is 1. The van der Waals surface area contributed by atoms with Gasteiger partial charge in [0, 0.05) is 32.1 Å². The summed E-state index contributed by atoms with van der Waals surface area (Å²) in [5.74, 6) is 0.797. The summed E-state index contributed by atoms with van der Waals surface area (Å²) in [4.78, 5) is 2.64. The Balaban J connectivity index is 1.51.